The number of aliphatic hydroxyl groups is 1. The van der Waals surface area contributed by atoms with Crippen molar-refractivity contribution in [3.05, 3.63) is 29.3 Å². The van der Waals surface area contributed by atoms with Gasteiger partial charge in [-0.3, -0.25) is 0 Å². The molecule has 14 heavy (non-hydrogen) atoms. The molecular formula is C10H11ClN2O. The molecule has 0 fully saturated rings. The Morgan fingerprint density at radius 1 is 1.43 bits per heavy atom. The van der Waals surface area contributed by atoms with E-state index in [2.05, 4.69) is 5.32 Å². The van der Waals surface area contributed by atoms with Gasteiger partial charge in [0.1, 0.15) is 0 Å². The van der Waals surface area contributed by atoms with E-state index in [1.165, 1.54) is 0 Å². The van der Waals surface area contributed by atoms with Gasteiger partial charge in [-0.15, -0.1) is 0 Å². The van der Waals surface area contributed by atoms with Gasteiger partial charge in [-0.05, 0) is 24.3 Å². The van der Waals surface area contributed by atoms with E-state index in [-0.39, 0.29) is 6.42 Å². The van der Waals surface area contributed by atoms with Crippen molar-refractivity contribution in [2.24, 2.45) is 0 Å². The highest BCUT2D eigenvalue weighted by atomic mass is 35.5. The Morgan fingerprint density at radius 3 is 2.64 bits per heavy atom. The second-order valence-electron chi connectivity index (χ2n) is 2.90. The zero-order valence-corrected chi connectivity index (χ0v) is 8.33. The van der Waals surface area contributed by atoms with Crippen LogP contribution in [0, 0.1) is 11.3 Å². The molecule has 0 radical (unpaired) electrons. The minimum absolute atomic E-state index is 0.139. The fourth-order valence-electron chi connectivity index (χ4n) is 0.981. The summed E-state index contributed by atoms with van der Waals surface area (Å²) in [5, 5.41) is 21.2. The van der Waals surface area contributed by atoms with Crippen molar-refractivity contribution >= 4 is 17.3 Å². The fourth-order valence-corrected chi connectivity index (χ4v) is 1.11. The quantitative estimate of drug-likeness (QED) is 0.800. The molecule has 2 N–H and O–H groups in total. The molecule has 0 bridgehead atoms. The van der Waals surface area contributed by atoms with Crippen LogP contribution in [0.2, 0.25) is 5.02 Å². The van der Waals surface area contributed by atoms with E-state index in [9.17, 15) is 5.11 Å². The van der Waals surface area contributed by atoms with Gasteiger partial charge in [-0.2, -0.15) is 5.26 Å². The summed E-state index contributed by atoms with van der Waals surface area (Å²) in [5.41, 5.74) is 0.881. The number of halogens is 1. The summed E-state index contributed by atoms with van der Waals surface area (Å²) < 4.78 is 0. The molecule has 1 aromatic rings. The third kappa shape index (κ3) is 3.65. The molecule has 1 atom stereocenters. The lowest BCUT2D eigenvalue weighted by molar-refractivity contribution is 0.193. The van der Waals surface area contributed by atoms with Gasteiger partial charge in [0.15, 0.2) is 0 Å². The van der Waals surface area contributed by atoms with Crippen molar-refractivity contribution in [1.82, 2.24) is 0 Å². The maximum Gasteiger partial charge on any atom is 0.0842 e. The molecule has 0 aliphatic carbocycles. The van der Waals surface area contributed by atoms with E-state index >= 15 is 0 Å². The van der Waals surface area contributed by atoms with Crippen molar-refractivity contribution in [3.8, 4) is 6.07 Å². The summed E-state index contributed by atoms with van der Waals surface area (Å²) >= 11 is 5.70. The van der Waals surface area contributed by atoms with E-state index < -0.39 is 6.10 Å². The van der Waals surface area contributed by atoms with E-state index in [0.29, 0.717) is 11.6 Å². The number of hydrogen-bond acceptors (Lipinski definition) is 3. The highest BCUT2D eigenvalue weighted by Crippen LogP contribution is 2.13. The van der Waals surface area contributed by atoms with Gasteiger partial charge in [0.2, 0.25) is 0 Å². The summed E-state index contributed by atoms with van der Waals surface area (Å²) in [6.45, 7) is 0.370. The van der Waals surface area contributed by atoms with E-state index in [0.717, 1.165) is 5.69 Å². The van der Waals surface area contributed by atoms with Gasteiger partial charge in [0.05, 0.1) is 18.6 Å². The van der Waals surface area contributed by atoms with Crippen molar-refractivity contribution < 1.29 is 5.11 Å². The first kappa shape index (κ1) is 10.8. The molecule has 0 amide bonds. The average molecular weight is 211 g/mol. The number of nitriles is 1. The third-order valence-electron chi connectivity index (χ3n) is 1.71. The highest BCUT2D eigenvalue weighted by Gasteiger charge is 2.01. The first-order valence-electron chi connectivity index (χ1n) is 4.27. The Labute approximate surface area is 87.9 Å². The van der Waals surface area contributed by atoms with Crippen LogP contribution >= 0.6 is 11.6 Å². The molecule has 1 rings (SSSR count). The molecule has 0 spiro atoms. The molecule has 0 aliphatic heterocycles. The van der Waals surface area contributed by atoms with Crippen LogP contribution in [0.1, 0.15) is 6.42 Å². The number of nitrogens with zero attached hydrogens (tertiary/aromatic N) is 1. The zero-order valence-electron chi connectivity index (χ0n) is 7.57. The Bertz CT molecular complexity index is 318. The minimum atomic E-state index is -0.629. The van der Waals surface area contributed by atoms with E-state index in [1.54, 1.807) is 12.1 Å². The standard InChI is InChI=1S/C10H11ClN2O/c11-8-1-3-9(4-2-8)13-7-10(14)5-6-12/h1-4,10,13-14H,5,7H2. The minimum Gasteiger partial charge on any atom is -0.390 e. The molecule has 0 saturated carbocycles. The van der Waals surface area contributed by atoms with E-state index in [1.807, 2.05) is 18.2 Å². The number of aliphatic hydroxyl groups excluding tert-OH is 1. The maximum absolute atomic E-state index is 9.25. The van der Waals surface area contributed by atoms with Crippen LogP contribution in [0.25, 0.3) is 0 Å². The van der Waals surface area contributed by atoms with Gasteiger partial charge < -0.3 is 10.4 Å². The Kier molecular flexibility index (Phi) is 4.24. The van der Waals surface area contributed by atoms with Crippen LogP contribution < -0.4 is 5.32 Å². The van der Waals surface area contributed by atoms with Crippen molar-refractivity contribution in [3.63, 3.8) is 0 Å². The SMILES string of the molecule is N#CCC(O)CNc1ccc(Cl)cc1. The maximum atomic E-state index is 9.25. The largest absolute Gasteiger partial charge is 0.390 e. The normalized spacial score (nSPS) is 11.8. The summed E-state index contributed by atoms with van der Waals surface area (Å²) in [6, 6.07) is 9.07. The van der Waals surface area contributed by atoms with Crippen LogP contribution in [-0.2, 0) is 0 Å². The van der Waals surface area contributed by atoms with Gasteiger partial charge in [0.25, 0.3) is 0 Å². The Balaban J connectivity index is 2.39. The number of benzene rings is 1. The number of anilines is 1. The topological polar surface area (TPSA) is 56.0 Å². The Morgan fingerprint density at radius 2 is 2.07 bits per heavy atom. The molecule has 3 nitrogen and oxygen atoms in total. The van der Waals surface area contributed by atoms with Crippen LogP contribution in [0.3, 0.4) is 0 Å². The molecule has 1 aromatic carbocycles. The lowest BCUT2D eigenvalue weighted by Crippen LogP contribution is -2.18. The predicted octanol–water partition coefficient (Wildman–Crippen LogP) is 2.03. The van der Waals surface area contributed by atoms with Crippen molar-refractivity contribution in [1.29, 1.82) is 5.26 Å². The summed E-state index contributed by atoms with van der Waals surface area (Å²) in [4.78, 5) is 0. The fraction of sp³-hybridized carbons (Fsp3) is 0.300. The third-order valence-corrected chi connectivity index (χ3v) is 1.96. The number of rotatable bonds is 4. The number of nitrogens with one attached hydrogen (secondary N) is 1. The van der Waals surface area contributed by atoms with Crippen molar-refractivity contribution in [2.45, 2.75) is 12.5 Å². The second-order valence-corrected chi connectivity index (χ2v) is 3.34. The average Bonchev–Trinajstić information content (AvgIpc) is 2.17. The van der Waals surface area contributed by atoms with Crippen LogP contribution in [0.5, 0.6) is 0 Å². The van der Waals surface area contributed by atoms with Crippen LogP contribution in [0.4, 0.5) is 5.69 Å². The molecule has 74 valence electrons. The summed E-state index contributed by atoms with van der Waals surface area (Å²) in [6.07, 6.45) is -0.490. The lowest BCUT2D eigenvalue weighted by Gasteiger charge is -2.09. The van der Waals surface area contributed by atoms with Crippen LogP contribution in [-0.4, -0.2) is 17.8 Å². The summed E-state index contributed by atoms with van der Waals surface area (Å²) in [5.74, 6) is 0. The van der Waals surface area contributed by atoms with Crippen LogP contribution in [0.15, 0.2) is 24.3 Å². The first-order valence-corrected chi connectivity index (χ1v) is 4.64. The molecule has 0 heterocycles. The monoisotopic (exact) mass is 210 g/mol. The second kappa shape index (κ2) is 5.48. The Hall–Kier alpha value is -1.24. The number of hydrogen-bond donors (Lipinski definition) is 2. The predicted molar refractivity (Wildman–Crippen MR) is 56.2 cm³/mol. The van der Waals surface area contributed by atoms with Gasteiger partial charge in [-0.25, -0.2) is 0 Å². The molecular weight excluding hydrogens is 200 g/mol. The van der Waals surface area contributed by atoms with Crippen molar-refractivity contribution in [2.75, 3.05) is 11.9 Å². The summed E-state index contributed by atoms with van der Waals surface area (Å²) in [7, 11) is 0. The van der Waals surface area contributed by atoms with Gasteiger partial charge in [-0.1, -0.05) is 11.6 Å². The van der Waals surface area contributed by atoms with E-state index in [4.69, 9.17) is 16.9 Å². The smallest absolute Gasteiger partial charge is 0.0842 e. The molecule has 4 heteroatoms. The highest BCUT2D eigenvalue weighted by molar-refractivity contribution is 6.30. The molecule has 0 aromatic heterocycles. The van der Waals surface area contributed by atoms with Gasteiger partial charge >= 0.3 is 0 Å². The first-order chi connectivity index (χ1) is 6.72. The molecule has 0 saturated heterocycles. The lowest BCUT2D eigenvalue weighted by atomic mass is 10.2. The molecule has 1 unspecified atom stereocenters. The molecule has 0 aliphatic rings. The zero-order chi connectivity index (χ0) is 10.4. The van der Waals surface area contributed by atoms with Gasteiger partial charge in [0, 0.05) is 17.3 Å².